The van der Waals surface area contributed by atoms with Crippen molar-refractivity contribution in [1.82, 2.24) is 0 Å². The Kier molecular flexibility index (Phi) is 5.30. The van der Waals surface area contributed by atoms with Gasteiger partial charge >= 0.3 is 0 Å². The largest absolute Gasteiger partial charge is 0.489 e. The Balaban J connectivity index is 2.01. The van der Waals surface area contributed by atoms with E-state index in [0.717, 1.165) is 17.7 Å². The van der Waals surface area contributed by atoms with Gasteiger partial charge in [-0.2, -0.15) is 0 Å². The highest BCUT2D eigenvalue weighted by Gasteiger charge is 2.03. The molecule has 0 fully saturated rings. The van der Waals surface area contributed by atoms with E-state index in [-0.39, 0.29) is 13.2 Å². The van der Waals surface area contributed by atoms with Crippen LogP contribution in [-0.2, 0) is 6.61 Å². The van der Waals surface area contributed by atoms with Gasteiger partial charge in [-0.1, -0.05) is 24.0 Å². The van der Waals surface area contributed by atoms with Crippen molar-refractivity contribution in [1.29, 1.82) is 0 Å². The highest BCUT2D eigenvalue weighted by atomic mass is 19.2. The number of hydrogen-bond donors (Lipinski definition) is 1. The van der Waals surface area contributed by atoms with E-state index in [0.29, 0.717) is 17.7 Å². The van der Waals surface area contributed by atoms with E-state index in [1.807, 2.05) is 6.07 Å². The van der Waals surface area contributed by atoms with Gasteiger partial charge in [0.1, 0.15) is 12.4 Å². The quantitative estimate of drug-likeness (QED) is 0.875. The van der Waals surface area contributed by atoms with E-state index < -0.39 is 11.6 Å². The van der Waals surface area contributed by atoms with Crippen LogP contribution in [0, 0.1) is 23.5 Å². The Morgan fingerprint density at radius 1 is 1.05 bits per heavy atom. The first-order valence-corrected chi connectivity index (χ1v) is 6.45. The third-order valence-corrected chi connectivity index (χ3v) is 2.69. The summed E-state index contributed by atoms with van der Waals surface area (Å²) in [6.07, 6.45) is 0.417. The van der Waals surface area contributed by atoms with Gasteiger partial charge in [0, 0.05) is 12.0 Å². The van der Waals surface area contributed by atoms with Crippen LogP contribution in [0.2, 0.25) is 0 Å². The predicted molar refractivity (Wildman–Crippen MR) is 75.7 cm³/mol. The molecule has 0 aliphatic rings. The molecule has 2 rings (SSSR count). The number of aliphatic hydroxyl groups excluding tert-OH is 1. The summed E-state index contributed by atoms with van der Waals surface area (Å²) in [6.45, 7) is 0.171. The monoisotopic (exact) mass is 288 g/mol. The fourth-order valence-electron chi connectivity index (χ4n) is 1.68. The molecule has 2 aromatic rings. The van der Waals surface area contributed by atoms with Crippen LogP contribution in [0.5, 0.6) is 5.75 Å². The van der Waals surface area contributed by atoms with E-state index in [1.165, 1.54) is 6.07 Å². The molecule has 1 N–H and O–H groups in total. The minimum atomic E-state index is -0.889. The van der Waals surface area contributed by atoms with Crippen LogP contribution < -0.4 is 4.74 Å². The van der Waals surface area contributed by atoms with Gasteiger partial charge < -0.3 is 9.84 Å². The SMILES string of the molecule is OCCC#Cc1cccc(OCc2ccc(F)c(F)c2)c1. The highest BCUT2D eigenvalue weighted by molar-refractivity contribution is 5.39. The molecule has 0 bridgehead atoms. The van der Waals surface area contributed by atoms with Gasteiger partial charge in [-0.3, -0.25) is 0 Å². The van der Waals surface area contributed by atoms with E-state index in [9.17, 15) is 8.78 Å². The second kappa shape index (κ2) is 7.41. The molecule has 0 aliphatic heterocycles. The van der Waals surface area contributed by atoms with Gasteiger partial charge in [0.2, 0.25) is 0 Å². The average molecular weight is 288 g/mol. The summed E-state index contributed by atoms with van der Waals surface area (Å²) < 4.78 is 31.4. The zero-order valence-electron chi connectivity index (χ0n) is 11.3. The lowest BCUT2D eigenvalue weighted by atomic mass is 10.2. The summed E-state index contributed by atoms with van der Waals surface area (Å²) in [7, 11) is 0. The Morgan fingerprint density at radius 2 is 1.90 bits per heavy atom. The molecule has 0 amide bonds. The molecule has 4 heteroatoms. The second-order valence-electron chi connectivity index (χ2n) is 4.34. The van der Waals surface area contributed by atoms with Gasteiger partial charge in [0.05, 0.1) is 6.61 Å². The van der Waals surface area contributed by atoms with Crippen LogP contribution in [0.3, 0.4) is 0 Å². The van der Waals surface area contributed by atoms with Gasteiger partial charge in [-0.25, -0.2) is 8.78 Å². The molecule has 0 spiro atoms. The Hall–Kier alpha value is -2.38. The summed E-state index contributed by atoms with van der Waals surface area (Å²) >= 11 is 0. The molecular formula is C17H14F2O2. The minimum Gasteiger partial charge on any atom is -0.489 e. The first-order valence-electron chi connectivity index (χ1n) is 6.45. The lowest BCUT2D eigenvalue weighted by Crippen LogP contribution is -1.97. The number of hydrogen-bond acceptors (Lipinski definition) is 2. The highest BCUT2D eigenvalue weighted by Crippen LogP contribution is 2.16. The summed E-state index contributed by atoms with van der Waals surface area (Å²) in [4.78, 5) is 0. The van der Waals surface area contributed by atoms with Crippen molar-refractivity contribution in [2.24, 2.45) is 0 Å². The smallest absolute Gasteiger partial charge is 0.159 e. The van der Waals surface area contributed by atoms with Crippen molar-refractivity contribution in [2.45, 2.75) is 13.0 Å². The Labute approximate surface area is 122 Å². The van der Waals surface area contributed by atoms with E-state index in [4.69, 9.17) is 9.84 Å². The molecular weight excluding hydrogens is 274 g/mol. The molecule has 0 radical (unpaired) electrons. The zero-order chi connectivity index (χ0) is 15.1. The molecule has 2 nitrogen and oxygen atoms in total. The van der Waals surface area contributed by atoms with Crippen molar-refractivity contribution in [2.75, 3.05) is 6.61 Å². The number of halogens is 2. The van der Waals surface area contributed by atoms with Gasteiger partial charge in [0.25, 0.3) is 0 Å². The van der Waals surface area contributed by atoms with Crippen LogP contribution in [-0.4, -0.2) is 11.7 Å². The Morgan fingerprint density at radius 3 is 2.67 bits per heavy atom. The van der Waals surface area contributed by atoms with Crippen LogP contribution in [0.1, 0.15) is 17.5 Å². The number of rotatable bonds is 4. The van der Waals surface area contributed by atoms with E-state index in [1.54, 1.807) is 18.2 Å². The minimum absolute atomic E-state index is 0.0271. The third kappa shape index (κ3) is 4.59. The summed E-state index contributed by atoms with van der Waals surface area (Å²) in [5.41, 5.74) is 1.32. The van der Waals surface area contributed by atoms with Crippen LogP contribution >= 0.6 is 0 Å². The topological polar surface area (TPSA) is 29.5 Å². The summed E-state index contributed by atoms with van der Waals surface area (Å²) in [5, 5.41) is 8.67. The van der Waals surface area contributed by atoms with Crippen molar-refractivity contribution < 1.29 is 18.6 Å². The lowest BCUT2D eigenvalue weighted by Gasteiger charge is -2.07. The maximum atomic E-state index is 13.1. The van der Waals surface area contributed by atoms with Crippen LogP contribution in [0.25, 0.3) is 0 Å². The van der Waals surface area contributed by atoms with Crippen molar-refractivity contribution in [3.05, 3.63) is 65.2 Å². The molecule has 0 saturated heterocycles. The van der Waals surface area contributed by atoms with Crippen LogP contribution in [0.4, 0.5) is 8.78 Å². The molecule has 0 heterocycles. The van der Waals surface area contributed by atoms with E-state index >= 15 is 0 Å². The standard InChI is InChI=1S/C17H14F2O2/c18-16-8-7-14(11-17(16)19)12-21-15-6-3-5-13(10-15)4-1-2-9-20/h3,5-8,10-11,20H,2,9,12H2. The molecule has 0 aliphatic carbocycles. The number of benzene rings is 2. The fourth-order valence-corrected chi connectivity index (χ4v) is 1.68. The average Bonchev–Trinajstić information content (AvgIpc) is 2.49. The van der Waals surface area contributed by atoms with Crippen molar-refractivity contribution >= 4 is 0 Å². The maximum absolute atomic E-state index is 13.1. The maximum Gasteiger partial charge on any atom is 0.159 e. The zero-order valence-corrected chi connectivity index (χ0v) is 11.3. The fraction of sp³-hybridized carbons (Fsp3) is 0.176. The first-order chi connectivity index (χ1) is 10.2. The molecule has 108 valence electrons. The molecule has 0 atom stereocenters. The predicted octanol–water partition coefficient (Wildman–Crippen LogP) is 3.28. The van der Waals surface area contributed by atoms with Gasteiger partial charge in [-0.15, -0.1) is 0 Å². The molecule has 2 aromatic carbocycles. The Bertz CT molecular complexity index is 672. The second-order valence-corrected chi connectivity index (χ2v) is 4.34. The number of ether oxygens (including phenoxy) is 1. The molecule has 0 saturated carbocycles. The first kappa shape index (κ1) is 15.0. The van der Waals surface area contributed by atoms with Crippen LogP contribution in [0.15, 0.2) is 42.5 Å². The summed E-state index contributed by atoms with van der Waals surface area (Å²) in [6, 6.07) is 10.8. The normalized spacial score (nSPS) is 9.86. The van der Waals surface area contributed by atoms with Crippen molar-refractivity contribution in [3.8, 4) is 17.6 Å². The van der Waals surface area contributed by atoms with Gasteiger partial charge in [-0.05, 0) is 35.9 Å². The van der Waals surface area contributed by atoms with Gasteiger partial charge in [0.15, 0.2) is 11.6 Å². The lowest BCUT2D eigenvalue weighted by molar-refractivity contribution is 0.305. The number of aliphatic hydroxyl groups is 1. The molecule has 0 aromatic heterocycles. The molecule has 0 unspecified atom stereocenters. The summed E-state index contributed by atoms with van der Waals surface area (Å²) in [5.74, 6) is 4.55. The molecule has 21 heavy (non-hydrogen) atoms. The van der Waals surface area contributed by atoms with E-state index in [2.05, 4.69) is 11.8 Å². The third-order valence-electron chi connectivity index (χ3n) is 2.69. The van der Waals surface area contributed by atoms with Crippen molar-refractivity contribution in [3.63, 3.8) is 0 Å².